The molecule has 1 amide bonds. The predicted molar refractivity (Wildman–Crippen MR) is 196 cm³/mol. The summed E-state index contributed by atoms with van der Waals surface area (Å²) in [6, 6.07) is 29.9. The number of carbonyl (C=O) groups is 4. The first kappa shape index (κ1) is 37.0. The molecule has 0 radical (unpaired) electrons. The number of aliphatic hydroxyl groups excluding tert-OH is 1. The zero-order valence-corrected chi connectivity index (χ0v) is 29.7. The Bertz CT molecular complexity index is 2120. The van der Waals surface area contributed by atoms with Crippen LogP contribution in [0.15, 0.2) is 109 Å². The number of aliphatic carboxylic acids is 1. The molecule has 1 aromatic heterocycles. The van der Waals surface area contributed by atoms with E-state index in [9.17, 15) is 19.5 Å². The largest absolute Gasteiger partial charge is 0.507 e. The Hall–Kier alpha value is -6.27. The van der Waals surface area contributed by atoms with Gasteiger partial charge in [-0.15, -0.1) is 0 Å². The van der Waals surface area contributed by atoms with Crippen molar-refractivity contribution in [1.29, 1.82) is 0 Å². The molecular weight excluding hydrogens is 685 g/mol. The maximum atomic E-state index is 13.8. The molecular formula is C40H36N2O9S. The number of aromatic nitrogens is 1. The van der Waals surface area contributed by atoms with Gasteiger partial charge in [0.25, 0.3) is 11.8 Å². The number of aliphatic hydroxyl groups is 1. The number of anilines is 1. The number of rotatable bonds is 10. The molecule has 11 nitrogen and oxygen atoms in total. The van der Waals surface area contributed by atoms with Crippen LogP contribution in [0.4, 0.5) is 5.13 Å². The molecule has 0 saturated carbocycles. The lowest BCUT2D eigenvalue weighted by molar-refractivity contribution is -0.134. The summed E-state index contributed by atoms with van der Waals surface area (Å²) in [6.07, 6.45) is 0. The van der Waals surface area contributed by atoms with Gasteiger partial charge in [-0.25, -0.2) is 9.78 Å². The fourth-order valence-electron chi connectivity index (χ4n) is 5.44. The second-order valence-electron chi connectivity index (χ2n) is 11.6. The summed E-state index contributed by atoms with van der Waals surface area (Å²) in [5.41, 5.74) is 2.80. The van der Waals surface area contributed by atoms with E-state index in [0.717, 1.165) is 29.4 Å². The molecule has 0 bridgehead atoms. The van der Waals surface area contributed by atoms with E-state index in [4.69, 9.17) is 24.1 Å². The molecule has 12 heteroatoms. The van der Waals surface area contributed by atoms with Crippen molar-refractivity contribution in [2.24, 2.45) is 0 Å². The van der Waals surface area contributed by atoms with Crippen LogP contribution in [0.3, 0.4) is 0 Å². The minimum atomic E-state index is -1.08. The molecule has 1 aliphatic rings. The second-order valence-corrected chi connectivity index (χ2v) is 12.5. The van der Waals surface area contributed by atoms with Crippen molar-refractivity contribution in [1.82, 2.24) is 4.98 Å². The standard InChI is InChI=1S/C38H32N2O7S.C2H4O2/c1-4-45-37(44)35-24(3)39-38(48-35)40-32(26-14-11-17-29(21-26)47-28-15-9-6-10-16-28)31(34(42)36(40)43)33(41)27-18-19-30(23(2)20-27)46-22-25-12-7-5-8-13-25;1-2(3)4/h5-21,32,41H,4,22H2,1-3H3;1H3,(H,3,4). The number of esters is 1. The predicted octanol–water partition coefficient (Wildman–Crippen LogP) is 8.03. The summed E-state index contributed by atoms with van der Waals surface area (Å²) in [4.78, 5) is 55.2. The first-order chi connectivity index (χ1) is 25.0. The maximum Gasteiger partial charge on any atom is 0.350 e. The molecule has 1 atom stereocenters. The van der Waals surface area contributed by atoms with Gasteiger partial charge in [0, 0.05) is 12.5 Å². The summed E-state index contributed by atoms with van der Waals surface area (Å²) >= 11 is 0.949. The number of carboxylic acid groups (broad SMARTS) is 1. The number of hydrogen-bond donors (Lipinski definition) is 2. The highest BCUT2D eigenvalue weighted by atomic mass is 32.1. The molecule has 1 fully saturated rings. The third kappa shape index (κ3) is 8.53. The minimum Gasteiger partial charge on any atom is -0.507 e. The number of nitrogens with zero attached hydrogens (tertiary/aromatic N) is 2. The number of ether oxygens (including phenoxy) is 3. The third-order valence-electron chi connectivity index (χ3n) is 7.73. The van der Waals surface area contributed by atoms with Crippen molar-refractivity contribution in [3.8, 4) is 17.2 Å². The molecule has 0 spiro atoms. The molecule has 1 unspecified atom stereocenters. The van der Waals surface area contributed by atoms with Crippen LogP contribution in [0.5, 0.6) is 17.2 Å². The summed E-state index contributed by atoms with van der Waals surface area (Å²) in [5, 5.41) is 19.3. The fourth-order valence-corrected chi connectivity index (χ4v) is 6.43. The van der Waals surface area contributed by atoms with Crippen LogP contribution in [0.2, 0.25) is 0 Å². The Labute approximate surface area is 304 Å². The number of benzene rings is 4. The molecule has 4 aromatic carbocycles. The normalized spacial score (nSPS) is 14.7. The van der Waals surface area contributed by atoms with Crippen LogP contribution < -0.4 is 14.4 Å². The highest BCUT2D eigenvalue weighted by molar-refractivity contribution is 7.17. The first-order valence-electron chi connectivity index (χ1n) is 16.2. The number of Topliss-reactive ketones (excluding diaryl/α,β-unsaturated/α-hetero) is 1. The Morgan fingerprint density at radius 2 is 1.52 bits per heavy atom. The lowest BCUT2D eigenvalue weighted by Crippen LogP contribution is -2.29. The van der Waals surface area contributed by atoms with Gasteiger partial charge in [-0.2, -0.15) is 0 Å². The number of ketones is 1. The minimum absolute atomic E-state index is 0.122. The van der Waals surface area contributed by atoms with Gasteiger partial charge in [-0.1, -0.05) is 72.0 Å². The van der Waals surface area contributed by atoms with E-state index in [-0.39, 0.29) is 27.9 Å². The van der Waals surface area contributed by atoms with Crippen molar-refractivity contribution < 1.29 is 43.6 Å². The number of carbonyl (C=O) groups excluding carboxylic acids is 3. The first-order valence-corrected chi connectivity index (χ1v) is 17.1. The van der Waals surface area contributed by atoms with Crippen LogP contribution in [0, 0.1) is 13.8 Å². The number of hydrogen-bond acceptors (Lipinski definition) is 10. The van der Waals surface area contributed by atoms with E-state index >= 15 is 0 Å². The third-order valence-corrected chi connectivity index (χ3v) is 8.87. The van der Waals surface area contributed by atoms with Crippen LogP contribution in [0.1, 0.15) is 57.5 Å². The zero-order chi connectivity index (χ0) is 37.4. The van der Waals surface area contributed by atoms with Gasteiger partial charge in [0.05, 0.1) is 23.9 Å². The molecule has 2 N–H and O–H groups in total. The fraction of sp³-hybridized carbons (Fsp3) is 0.175. The molecule has 1 aliphatic heterocycles. The van der Waals surface area contributed by atoms with Gasteiger partial charge < -0.3 is 24.4 Å². The van der Waals surface area contributed by atoms with E-state index in [1.54, 1.807) is 56.3 Å². The van der Waals surface area contributed by atoms with Gasteiger partial charge in [0.1, 0.15) is 34.5 Å². The van der Waals surface area contributed by atoms with Crippen LogP contribution in [-0.2, 0) is 25.7 Å². The van der Waals surface area contributed by atoms with Crippen molar-refractivity contribution in [2.75, 3.05) is 11.5 Å². The summed E-state index contributed by atoms with van der Waals surface area (Å²) in [5.74, 6) is -1.87. The number of aryl methyl sites for hydroxylation is 2. The second kappa shape index (κ2) is 16.6. The zero-order valence-electron chi connectivity index (χ0n) is 28.9. The van der Waals surface area contributed by atoms with Gasteiger partial charge in [-0.05, 0) is 79.9 Å². The lowest BCUT2D eigenvalue weighted by atomic mass is 9.94. The molecule has 52 heavy (non-hydrogen) atoms. The van der Waals surface area contributed by atoms with E-state index in [1.807, 2.05) is 67.6 Å². The Kier molecular flexibility index (Phi) is 11.8. The Balaban J connectivity index is 0.00000124. The molecule has 0 aliphatic carbocycles. The molecule has 1 saturated heterocycles. The van der Waals surface area contributed by atoms with Crippen molar-refractivity contribution in [2.45, 2.75) is 40.3 Å². The van der Waals surface area contributed by atoms with Crippen molar-refractivity contribution in [3.63, 3.8) is 0 Å². The average molecular weight is 721 g/mol. The van der Waals surface area contributed by atoms with Crippen LogP contribution in [-0.4, -0.2) is 45.4 Å². The van der Waals surface area contributed by atoms with Crippen LogP contribution in [0.25, 0.3) is 5.76 Å². The van der Waals surface area contributed by atoms with Gasteiger partial charge in [0.2, 0.25) is 0 Å². The van der Waals surface area contributed by atoms with Crippen LogP contribution >= 0.6 is 11.3 Å². The average Bonchev–Trinajstić information content (AvgIpc) is 3.64. The topological polar surface area (TPSA) is 153 Å². The number of amides is 1. The van der Waals surface area contributed by atoms with E-state index in [1.165, 1.54) is 4.90 Å². The molecule has 266 valence electrons. The Morgan fingerprint density at radius 1 is 0.865 bits per heavy atom. The van der Waals surface area contributed by atoms with E-state index in [0.29, 0.717) is 40.7 Å². The summed E-state index contributed by atoms with van der Waals surface area (Å²) in [7, 11) is 0. The maximum absolute atomic E-state index is 13.8. The Morgan fingerprint density at radius 3 is 2.17 bits per heavy atom. The van der Waals surface area contributed by atoms with Gasteiger partial charge in [-0.3, -0.25) is 19.3 Å². The quantitative estimate of drug-likeness (QED) is 0.0628. The number of thiazole rings is 1. The molecule has 6 rings (SSSR count). The molecule has 2 heterocycles. The summed E-state index contributed by atoms with van der Waals surface area (Å²) in [6.45, 7) is 6.78. The highest BCUT2D eigenvalue weighted by Crippen LogP contribution is 2.45. The molecule has 5 aromatic rings. The summed E-state index contributed by atoms with van der Waals surface area (Å²) < 4.78 is 17.3. The van der Waals surface area contributed by atoms with Crippen molar-refractivity contribution in [3.05, 3.63) is 142 Å². The lowest BCUT2D eigenvalue weighted by Gasteiger charge is -2.23. The van der Waals surface area contributed by atoms with Gasteiger partial charge >= 0.3 is 11.9 Å². The number of para-hydroxylation sites is 1. The SMILES string of the molecule is CC(=O)O.CCOC(=O)c1sc(N2C(=O)C(=O)C(=C(O)c3ccc(OCc4ccccc4)c(C)c3)C2c2cccc(Oc3ccccc3)c2)nc1C. The highest BCUT2D eigenvalue weighted by Gasteiger charge is 2.48. The number of carboxylic acids is 1. The smallest absolute Gasteiger partial charge is 0.350 e. The van der Waals surface area contributed by atoms with Crippen molar-refractivity contribution >= 4 is 45.9 Å². The monoisotopic (exact) mass is 720 g/mol. The van der Waals surface area contributed by atoms with E-state index < -0.39 is 29.7 Å². The van der Waals surface area contributed by atoms with E-state index in [2.05, 4.69) is 4.98 Å². The van der Waals surface area contributed by atoms with Gasteiger partial charge in [0.15, 0.2) is 5.13 Å².